The second kappa shape index (κ2) is 11.3. The number of anilines is 3. The van der Waals surface area contributed by atoms with E-state index in [1.54, 1.807) is 36.2 Å². The average Bonchev–Trinajstić information content (AvgIpc) is 3.40. The second-order valence-corrected chi connectivity index (χ2v) is 8.15. The SMILES string of the molecule is CN(C(=O)c1ccc(NC(=O)CNc2cccc(OCC3CCCO3)c2)cc1)c1ccccc1. The van der Waals surface area contributed by atoms with Crippen molar-refractivity contribution in [2.75, 3.05) is 42.3 Å². The van der Waals surface area contributed by atoms with E-state index in [0.717, 1.165) is 36.6 Å². The summed E-state index contributed by atoms with van der Waals surface area (Å²) in [6.45, 7) is 1.44. The summed E-state index contributed by atoms with van der Waals surface area (Å²) >= 11 is 0. The molecule has 1 fully saturated rings. The van der Waals surface area contributed by atoms with Gasteiger partial charge in [0.1, 0.15) is 12.4 Å². The zero-order valence-electron chi connectivity index (χ0n) is 19.2. The molecule has 0 bridgehead atoms. The van der Waals surface area contributed by atoms with E-state index in [-0.39, 0.29) is 24.5 Å². The maximum atomic E-state index is 12.7. The second-order valence-electron chi connectivity index (χ2n) is 8.15. The number of nitrogens with zero attached hydrogens (tertiary/aromatic N) is 1. The monoisotopic (exact) mass is 459 g/mol. The zero-order valence-corrected chi connectivity index (χ0v) is 19.2. The van der Waals surface area contributed by atoms with Crippen LogP contribution in [0.3, 0.4) is 0 Å². The van der Waals surface area contributed by atoms with Gasteiger partial charge < -0.3 is 25.0 Å². The number of hydrogen-bond acceptors (Lipinski definition) is 5. The third-order valence-electron chi connectivity index (χ3n) is 5.61. The van der Waals surface area contributed by atoms with Crippen LogP contribution in [-0.2, 0) is 9.53 Å². The number of carbonyl (C=O) groups excluding carboxylic acids is 2. The van der Waals surface area contributed by atoms with Crippen molar-refractivity contribution in [3.05, 3.63) is 84.4 Å². The lowest BCUT2D eigenvalue weighted by molar-refractivity contribution is -0.114. The van der Waals surface area contributed by atoms with Gasteiger partial charge in [0.2, 0.25) is 5.91 Å². The topological polar surface area (TPSA) is 79.9 Å². The molecule has 0 aromatic heterocycles. The van der Waals surface area contributed by atoms with Crippen molar-refractivity contribution in [2.45, 2.75) is 18.9 Å². The number of benzene rings is 3. The third-order valence-corrected chi connectivity index (χ3v) is 5.61. The van der Waals surface area contributed by atoms with Crippen molar-refractivity contribution in [1.82, 2.24) is 0 Å². The van der Waals surface area contributed by atoms with E-state index in [1.807, 2.05) is 54.6 Å². The maximum Gasteiger partial charge on any atom is 0.258 e. The number of rotatable bonds is 9. The molecule has 1 unspecified atom stereocenters. The van der Waals surface area contributed by atoms with Crippen LogP contribution in [0.15, 0.2) is 78.9 Å². The molecule has 3 aromatic carbocycles. The van der Waals surface area contributed by atoms with Crippen LogP contribution >= 0.6 is 0 Å². The standard InChI is InChI=1S/C27H29N3O4/c1-30(23-8-3-2-4-9-23)27(32)20-12-14-21(15-13-20)29-26(31)18-28-22-7-5-10-24(17-22)34-19-25-11-6-16-33-25/h2-5,7-10,12-15,17,25,28H,6,11,16,18-19H2,1H3,(H,29,31). The van der Waals surface area contributed by atoms with Crippen molar-refractivity contribution >= 4 is 28.9 Å². The van der Waals surface area contributed by atoms with Crippen LogP contribution in [-0.4, -0.2) is 44.7 Å². The van der Waals surface area contributed by atoms with Gasteiger partial charge in [0.15, 0.2) is 0 Å². The van der Waals surface area contributed by atoms with Gasteiger partial charge in [-0.25, -0.2) is 0 Å². The molecule has 34 heavy (non-hydrogen) atoms. The van der Waals surface area contributed by atoms with E-state index in [4.69, 9.17) is 9.47 Å². The van der Waals surface area contributed by atoms with Crippen molar-refractivity contribution in [1.29, 1.82) is 0 Å². The lowest BCUT2D eigenvalue weighted by atomic mass is 10.1. The number of para-hydroxylation sites is 1. The summed E-state index contributed by atoms with van der Waals surface area (Å²) in [5.74, 6) is 0.431. The van der Waals surface area contributed by atoms with E-state index in [2.05, 4.69) is 10.6 Å². The fourth-order valence-corrected chi connectivity index (χ4v) is 3.71. The Morgan fingerprint density at radius 3 is 2.53 bits per heavy atom. The van der Waals surface area contributed by atoms with E-state index < -0.39 is 0 Å². The Balaban J connectivity index is 1.25. The normalized spacial score (nSPS) is 14.9. The Morgan fingerprint density at radius 2 is 1.79 bits per heavy atom. The predicted molar refractivity (Wildman–Crippen MR) is 134 cm³/mol. The third kappa shape index (κ3) is 6.36. The fraction of sp³-hybridized carbons (Fsp3) is 0.259. The summed E-state index contributed by atoms with van der Waals surface area (Å²) in [5, 5.41) is 5.95. The van der Waals surface area contributed by atoms with Crippen LogP contribution in [0.1, 0.15) is 23.2 Å². The van der Waals surface area contributed by atoms with Gasteiger partial charge in [-0.15, -0.1) is 0 Å². The minimum atomic E-state index is -0.189. The Bertz CT molecular complexity index is 1100. The largest absolute Gasteiger partial charge is 0.491 e. The summed E-state index contributed by atoms with van der Waals surface area (Å²) in [6, 6.07) is 23.8. The van der Waals surface area contributed by atoms with Gasteiger partial charge in [0.05, 0.1) is 12.6 Å². The molecule has 0 aliphatic carbocycles. The van der Waals surface area contributed by atoms with Gasteiger partial charge in [-0.1, -0.05) is 24.3 Å². The van der Waals surface area contributed by atoms with Gasteiger partial charge in [0.25, 0.3) is 5.91 Å². The number of amides is 2. The smallest absolute Gasteiger partial charge is 0.258 e. The highest BCUT2D eigenvalue weighted by atomic mass is 16.5. The van der Waals surface area contributed by atoms with E-state index in [1.165, 1.54) is 0 Å². The molecule has 1 saturated heterocycles. The highest BCUT2D eigenvalue weighted by molar-refractivity contribution is 6.06. The molecule has 1 atom stereocenters. The number of nitrogens with one attached hydrogen (secondary N) is 2. The first-order chi connectivity index (χ1) is 16.6. The van der Waals surface area contributed by atoms with Crippen molar-refractivity contribution in [2.24, 2.45) is 0 Å². The molecule has 7 nitrogen and oxygen atoms in total. The molecule has 2 N–H and O–H groups in total. The molecule has 0 radical (unpaired) electrons. The van der Waals surface area contributed by atoms with Crippen LogP contribution < -0.4 is 20.3 Å². The molecular formula is C27H29N3O4. The number of ether oxygens (including phenoxy) is 2. The molecule has 0 spiro atoms. The van der Waals surface area contributed by atoms with E-state index in [9.17, 15) is 9.59 Å². The minimum Gasteiger partial charge on any atom is -0.491 e. The molecule has 1 aliphatic rings. The van der Waals surface area contributed by atoms with Gasteiger partial charge in [0, 0.05) is 42.3 Å². The van der Waals surface area contributed by atoms with Gasteiger partial charge >= 0.3 is 0 Å². The van der Waals surface area contributed by atoms with Gasteiger partial charge in [-0.05, 0) is 61.4 Å². The zero-order chi connectivity index (χ0) is 23.8. The van der Waals surface area contributed by atoms with E-state index in [0.29, 0.717) is 17.9 Å². The molecule has 1 heterocycles. The summed E-state index contributed by atoms with van der Waals surface area (Å²) < 4.78 is 11.4. The summed E-state index contributed by atoms with van der Waals surface area (Å²) in [5.41, 5.74) is 2.78. The van der Waals surface area contributed by atoms with Crippen LogP contribution in [0.4, 0.5) is 17.1 Å². The average molecular weight is 460 g/mol. The first kappa shape index (κ1) is 23.3. The highest BCUT2D eigenvalue weighted by Gasteiger charge is 2.16. The molecular weight excluding hydrogens is 430 g/mol. The minimum absolute atomic E-state index is 0.104. The Kier molecular flexibility index (Phi) is 7.78. The summed E-state index contributed by atoms with van der Waals surface area (Å²) in [6.07, 6.45) is 2.26. The maximum absolute atomic E-state index is 12.7. The molecule has 3 aromatic rings. The van der Waals surface area contributed by atoms with Crippen LogP contribution in [0.2, 0.25) is 0 Å². The molecule has 1 aliphatic heterocycles. The first-order valence-electron chi connectivity index (χ1n) is 11.4. The van der Waals surface area contributed by atoms with Crippen molar-refractivity contribution < 1.29 is 19.1 Å². The lowest BCUT2D eigenvalue weighted by Crippen LogP contribution is -2.26. The number of hydrogen-bond donors (Lipinski definition) is 2. The first-order valence-corrected chi connectivity index (χ1v) is 11.4. The Morgan fingerprint density at radius 1 is 1.00 bits per heavy atom. The summed E-state index contributed by atoms with van der Waals surface area (Å²) in [4.78, 5) is 26.7. The lowest BCUT2D eigenvalue weighted by Gasteiger charge is -2.17. The molecule has 7 heteroatoms. The van der Waals surface area contributed by atoms with Gasteiger partial charge in [-0.2, -0.15) is 0 Å². The Hall–Kier alpha value is -3.84. The molecule has 0 saturated carbocycles. The molecule has 4 rings (SSSR count). The Labute approximate surface area is 199 Å². The molecule has 176 valence electrons. The summed E-state index contributed by atoms with van der Waals surface area (Å²) in [7, 11) is 1.74. The predicted octanol–water partition coefficient (Wildman–Crippen LogP) is 4.57. The van der Waals surface area contributed by atoms with Crippen LogP contribution in [0.25, 0.3) is 0 Å². The van der Waals surface area contributed by atoms with Crippen LogP contribution in [0.5, 0.6) is 5.75 Å². The van der Waals surface area contributed by atoms with Gasteiger partial charge in [-0.3, -0.25) is 9.59 Å². The van der Waals surface area contributed by atoms with Crippen molar-refractivity contribution in [3.8, 4) is 5.75 Å². The van der Waals surface area contributed by atoms with Crippen LogP contribution in [0, 0.1) is 0 Å². The van der Waals surface area contributed by atoms with Crippen molar-refractivity contribution in [3.63, 3.8) is 0 Å². The quantitative estimate of drug-likeness (QED) is 0.490. The molecule has 2 amide bonds. The number of carbonyl (C=O) groups is 2. The van der Waals surface area contributed by atoms with E-state index >= 15 is 0 Å². The fourth-order valence-electron chi connectivity index (χ4n) is 3.71. The highest BCUT2D eigenvalue weighted by Crippen LogP contribution is 2.20.